The molecule has 3 atom stereocenters. The number of aliphatic hydroxyl groups excluding tert-OH is 1. The molecular weight excluding hydrogens is 976 g/mol. The van der Waals surface area contributed by atoms with Crippen LogP contribution < -0.4 is 0 Å². The van der Waals surface area contributed by atoms with E-state index in [1.54, 1.807) is 6.08 Å². The van der Waals surface area contributed by atoms with Crippen LogP contribution >= 0.6 is 7.82 Å². The molecule has 0 rings (SSSR count). The maximum absolute atomic E-state index is 12.9. The van der Waals surface area contributed by atoms with Crippen molar-refractivity contribution in [3.63, 3.8) is 0 Å². The Hall–Kier alpha value is -4.64. The Bertz CT molecular complexity index is 1830. The zero-order valence-electron chi connectivity index (χ0n) is 47.2. The van der Waals surface area contributed by atoms with Crippen LogP contribution in [-0.2, 0) is 42.2 Å². The first kappa shape index (κ1) is 71.4. The summed E-state index contributed by atoms with van der Waals surface area (Å²) in [6.07, 6.45) is 72.6. The van der Waals surface area contributed by atoms with Crippen molar-refractivity contribution < 1.29 is 52.2 Å². The number of carbonyl (C=O) groups is 3. The minimum Gasteiger partial charge on any atom is -0.462 e. The summed E-state index contributed by atoms with van der Waals surface area (Å²) in [4.78, 5) is 48.5. The molecule has 0 amide bonds. The Labute approximate surface area is 461 Å². The minimum atomic E-state index is -4.80. The summed E-state index contributed by atoms with van der Waals surface area (Å²) in [5.41, 5.74) is 0. The number of esters is 3. The molecule has 2 N–H and O–H groups in total. The topological polar surface area (TPSA) is 155 Å². The molecule has 0 aromatic carbocycles. The summed E-state index contributed by atoms with van der Waals surface area (Å²) in [6, 6.07) is 0. The number of unbranched alkanes of at least 4 members (excludes halogenated alkanes) is 11. The molecule has 3 unspecified atom stereocenters. The van der Waals surface area contributed by atoms with Crippen molar-refractivity contribution >= 4 is 25.7 Å². The number of aliphatic hydroxyl groups is 1. The molecule has 76 heavy (non-hydrogen) atoms. The van der Waals surface area contributed by atoms with Crippen molar-refractivity contribution in [3.8, 4) is 0 Å². The zero-order chi connectivity index (χ0) is 55.5. The number of rotatable bonds is 51. The lowest BCUT2D eigenvalue weighted by Gasteiger charge is -2.21. The van der Waals surface area contributed by atoms with E-state index in [4.69, 9.17) is 23.3 Å². The molecule has 0 aliphatic carbocycles. The lowest BCUT2D eigenvalue weighted by atomic mass is 10.1. The molecule has 0 saturated heterocycles. The third kappa shape index (κ3) is 54.2. The molecule has 0 aromatic heterocycles. The van der Waals surface area contributed by atoms with Crippen LogP contribution in [0.3, 0.4) is 0 Å². The first-order valence-corrected chi connectivity index (χ1v) is 30.2. The van der Waals surface area contributed by atoms with E-state index in [1.165, 1.54) is 25.7 Å². The Morgan fingerprint density at radius 3 is 1.18 bits per heavy atom. The molecule has 0 radical (unpaired) electrons. The van der Waals surface area contributed by atoms with Crippen LogP contribution in [0.5, 0.6) is 0 Å². The summed E-state index contributed by atoms with van der Waals surface area (Å²) in [6.45, 7) is 4.19. The van der Waals surface area contributed by atoms with Gasteiger partial charge in [0.1, 0.15) is 12.7 Å². The van der Waals surface area contributed by atoms with Crippen molar-refractivity contribution in [1.29, 1.82) is 0 Å². The van der Waals surface area contributed by atoms with Crippen molar-refractivity contribution in [2.75, 3.05) is 26.4 Å². The van der Waals surface area contributed by atoms with Gasteiger partial charge < -0.3 is 24.2 Å². The van der Waals surface area contributed by atoms with Gasteiger partial charge in [-0.05, 0) is 122 Å². The Morgan fingerprint density at radius 2 is 0.737 bits per heavy atom. The molecule has 0 spiro atoms. The van der Waals surface area contributed by atoms with Crippen molar-refractivity contribution in [2.45, 2.75) is 213 Å². The van der Waals surface area contributed by atoms with E-state index in [2.05, 4.69) is 142 Å². The number of allylic oxidation sites excluding steroid dienone is 23. The highest BCUT2D eigenvalue weighted by Gasteiger charge is 2.28. The summed E-state index contributed by atoms with van der Waals surface area (Å²) in [7, 11) is -4.80. The van der Waals surface area contributed by atoms with Gasteiger partial charge in [-0.2, -0.15) is 0 Å². The lowest BCUT2D eigenvalue weighted by Crippen LogP contribution is -2.30. The lowest BCUT2D eigenvalue weighted by molar-refractivity contribution is -0.161. The quantitative estimate of drug-likeness (QED) is 0.0197. The maximum atomic E-state index is 12.9. The molecule has 0 saturated carbocycles. The van der Waals surface area contributed by atoms with Gasteiger partial charge in [0.15, 0.2) is 6.10 Å². The van der Waals surface area contributed by atoms with Gasteiger partial charge in [-0.3, -0.25) is 23.4 Å². The minimum absolute atomic E-state index is 0.0668. The highest BCUT2D eigenvalue weighted by molar-refractivity contribution is 7.47. The Balaban J connectivity index is 4.91. The second-order valence-corrected chi connectivity index (χ2v) is 19.8. The molecule has 0 aliphatic heterocycles. The largest absolute Gasteiger partial charge is 0.472 e. The van der Waals surface area contributed by atoms with Gasteiger partial charge >= 0.3 is 25.7 Å². The van der Waals surface area contributed by atoms with Crippen LogP contribution in [0, 0.1) is 0 Å². The van der Waals surface area contributed by atoms with Gasteiger partial charge in [-0.1, -0.05) is 205 Å². The monoisotopic (exact) mass is 1080 g/mol. The van der Waals surface area contributed by atoms with Crippen LogP contribution in [0.2, 0.25) is 0 Å². The van der Waals surface area contributed by atoms with Gasteiger partial charge in [0.2, 0.25) is 0 Å². The molecule has 428 valence electrons. The Morgan fingerprint density at radius 1 is 0.395 bits per heavy atom. The van der Waals surface area contributed by atoms with Gasteiger partial charge in [-0.15, -0.1) is 0 Å². The third-order valence-corrected chi connectivity index (χ3v) is 12.2. The first-order valence-electron chi connectivity index (χ1n) is 28.7. The summed E-state index contributed by atoms with van der Waals surface area (Å²) in [5.74, 6) is -1.69. The van der Waals surface area contributed by atoms with Crippen molar-refractivity contribution in [1.82, 2.24) is 0 Å². The zero-order valence-corrected chi connectivity index (χ0v) is 48.0. The molecule has 0 fully saturated rings. The van der Waals surface area contributed by atoms with Crippen LogP contribution in [0.25, 0.3) is 0 Å². The number of carbonyl (C=O) groups excluding carboxylic acids is 3. The standard InChI is InChI=1S/C64H101O11P/c1-4-7-10-13-16-19-22-25-28-29-30-31-34-37-40-43-46-49-52-55-64(68)75-61(57-71-62(66)53-50-47-44-41-38-35-32-26-23-20-17-14-11-8-5-2)59-73-76(69,70)72-58-60(56-65)74-63(67)54-51-48-45-42-39-36-33-27-24-21-18-15-12-9-6-3/h8-9,11-12,16-21,25-28,30-33,38-39,41-42,48,51,60-61,65H,4-7,10,13-15,22-24,29,34-37,40,43-47,49-50,52-59H2,1-3H3,(H,69,70)/b11-8-,12-9-,19-16-,20-17-,21-18-,28-25-,31-30-,32-26-,33-27-,41-38-,42-39-,51-48-. The summed E-state index contributed by atoms with van der Waals surface area (Å²) in [5, 5.41) is 9.79. The smallest absolute Gasteiger partial charge is 0.462 e. The molecule has 11 nitrogen and oxygen atoms in total. The van der Waals surface area contributed by atoms with E-state index in [0.29, 0.717) is 19.3 Å². The number of phosphoric ester groups is 1. The van der Waals surface area contributed by atoms with Crippen LogP contribution in [0.1, 0.15) is 201 Å². The first-order chi connectivity index (χ1) is 37.2. The van der Waals surface area contributed by atoms with Gasteiger partial charge in [-0.25, -0.2) is 4.57 Å². The van der Waals surface area contributed by atoms with Crippen LogP contribution in [0.4, 0.5) is 0 Å². The second-order valence-electron chi connectivity index (χ2n) is 18.3. The van der Waals surface area contributed by atoms with Gasteiger partial charge in [0.25, 0.3) is 0 Å². The van der Waals surface area contributed by atoms with E-state index in [-0.39, 0.29) is 25.9 Å². The average molecular weight is 1080 g/mol. The van der Waals surface area contributed by atoms with Crippen LogP contribution in [0.15, 0.2) is 146 Å². The summed E-state index contributed by atoms with van der Waals surface area (Å²) < 4.78 is 39.3. The van der Waals surface area contributed by atoms with E-state index < -0.39 is 57.8 Å². The van der Waals surface area contributed by atoms with Crippen molar-refractivity contribution in [2.24, 2.45) is 0 Å². The molecule has 0 bridgehead atoms. The normalized spacial score (nSPS) is 14.4. The number of hydrogen-bond acceptors (Lipinski definition) is 10. The Kier molecular flexibility index (Phi) is 53.1. The summed E-state index contributed by atoms with van der Waals surface area (Å²) >= 11 is 0. The molecule has 0 aromatic rings. The van der Waals surface area contributed by atoms with E-state index in [9.17, 15) is 28.9 Å². The highest BCUT2D eigenvalue weighted by Crippen LogP contribution is 2.43. The van der Waals surface area contributed by atoms with Gasteiger partial charge in [0, 0.05) is 12.8 Å². The SMILES string of the molecule is CC/C=C\C/C=C\C/C=C\C/C=C\C/C=C\CC(=O)OC(CO)COP(=O)(O)OCC(COC(=O)CCCC/C=C\C/C=C\C/C=C\C/C=C\CC)OC(=O)CCCCCCCC/C=C\C/C=C\C/C=C\CCCCC. The van der Waals surface area contributed by atoms with E-state index in [1.807, 2.05) is 18.2 Å². The fourth-order valence-electron chi connectivity index (χ4n) is 6.96. The predicted molar refractivity (Wildman–Crippen MR) is 316 cm³/mol. The van der Waals surface area contributed by atoms with Crippen molar-refractivity contribution in [3.05, 3.63) is 146 Å². The highest BCUT2D eigenvalue weighted by atomic mass is 31.2. The number of ether oxygens (including phenoxy) is 3. The van der Waals surface area contributed by atoms with E-state index in [0.717, 1.165) is 116 Å². The van der Waals surface area contributed by atoms with Gasteiger partial charge in [0.05, 0.1) is 26.2 Å². The predicted octanol–water partition coefficient (Wildman–Crippen LogP) is 17.1. The molecule has 0 aliphatic rings. The maximum Gasteiger partial charge on any atom is 0.472 e. The number of phosphoric acid groups is 1. The molecular formula is C64H101O11P. The third-order valence-electron chi connectivity index (χ3n) is 11.3. The molecule has 0 heterocycles. The van der Waals surface area contributed by atoms with E-state index >= 15 is 0 Å². The fourth-order valence-corrected chi connectivity index (χ4v) is 7.74. The fraction of sp³-hybridized carbons (Fsp3) is 0.578. The van der Waals surface area contributed by atoms with Crippen LogP contribution in [-0.4, -0.2) is 66.5 Å². The second kappa shape index (κ2) is 56.6. The average Bonchev–Trinajstić information content (AvgIpc) is 3.41. The number of hydrogen-bond donors (Lipinski definition) is 2. The molecule has 12 heteroatoms.